The lowest BCUT2D eigenvalue weighted by Crippen LogP contribution is -2.56. The summed E-state index contributed by atoms with van der Waals surface area (Å²) >= 11 is 12.6. The molecule has 2 amide bonds. The highest BCUT2D eigenvalue weighted by molar-refractivity contribution is 6.31. The van der Waals surface area contributed by atoms with Gasteiger partial charge in [-0.2, -0.15) is 0 Å². The molecule has 170 valence electrons. The quantitative estimate of drug-likeness (QED) is 0.494. The summed E-state index contributed by atoms with van der Waals surface area (Å²) in [4.78, 5) is 27.1. The minimum atomic E-state index is -1.20. The van der Waals surface area contributed by atoms with Gasteiger partial charge in [0.1, 0.15) is 11.2 Å². The molecule has 1 saturated heterocycles. The van der Waals surface area contributed by atoms with Crippen LogP contribution in [0.15, 0.2) is 60.7 Å². The van der Waals surface area contributed by atoms with E-state index in [0.29, 0.717) is 32.6 Å². The van der Waals surface area contributed by atoms with Crippen LogP contribution in [0, 0.1) is 12.3 Å². The number of rotatable bonds is 3. The van der Waals surface area contributed by atoms with E-state index in [2.05, 4.69) is 16.6 Å². The number of carbonyl (C=O) groups is 2. The van der Waals surface area contributed by atoms with Crippen molar-refractivity contribution in [2.75, 3.05) is 12.4 Å². The fourth-order valence-electron chi connectivity index (χ4n) is 5.32. The average Bonchev–Trinajstić information content (AvgIpc) is 3.11. The number of benzene rings is 3. The van der Waals surface area contributed by atoms with Gasteiger partial charge in [0, 0.05) is 39.2 Å². The van der Waals surface area contributed by atoms with Crippen molar-refractivity contribution in [1.29, 1.82) is 0 Å². The van der Waals surface area contributed by atoms with Crippen molar-refractivity contribution in [2.45, 2.75) is 23.8 Å². The molecule has 2 aliphatic heterocycles. The number of anilines is 1. The number of hydrogen-bond donors (Lipinski definition) is 2. The van der Waals surface area contributed by atoms with Crippen LogP contribution in [0.3, 0.4) is 0 Å². The van der Waals surface area contributed by atoms with Gasteiger partial charge in [-0.15, -0.1) is 6.42 Å². The maximum atomic E-state index is 14.0. The lowest BCUT2D eigenvalue weighted by molar-refractivity contribution is -0.131. The molecule has 1 spiro atoms. The lowest BCUT2D eigenvalue weighted by atomic mass is 9.59. The molecule has 3 aromatic rings. The Morgan fingerprint density at radius 3 is 2.59 bits per heavy atom. The predicted molar refractivity (Wildman–Crippen MR) is 132 cm³/mol. The van der Waals surface area contributed by atoms with Gasteiger partial charge in [0.05, 0.1) is 13.2 Å². The Balaban J connectivity index is 1.84. The summed E-state index contributed by atoms with van der Waals surface area (Å²) in [6, 6.07) is 17.1. The Kier molecular flexibility index (Phi) is 5.51. The van der Waals surface area contributed by atoms with Crippen LogP contribution in [0.2, 0.25) is 10.0 Å². The molecule has 0 radical (unpaired) electrons. The second-order valence-corrected chi connectivity index (χ2v) is 9.30. The van der Waals surface area contributed by atoms with E-state index in [9.17, 15) is 9.59 Å². The molecule has 1 fully saturated rings. The van der Waals surface area contributed by atoms with Gasteiger partial charge < -0.3 is 15.4 Å². The first kappa shape index (κ1) is 22.3. The summed E-state index contributed by atoms with van der Waals surface area (Å²) in [5.41, 5.74) is 2.18. The number of fused-ring (bicyclic) bond motifs is 2. The molecule has 3 aromatic carbocycles. The van der Waals surface area contributed by atoms with Crippen LogP contribution in [0.5, 0.6) is 5.75 Å². The predicted octanol–water partition coefficient (Wildman–Crippen LogP) is 5.22. The standard InChI is InChI=1S/C27H20Cl2N2O3/c1-3-15-7-10-23(34-2)19(11-15)25-27(20-9-8-18(29)13-22(20)30-26(27)33)21(14-24(32)31-25)16-5-4-6-17(28)12-16/h1,4-13,21,25H,14H2,2H3,(H,30,33)(H,31,32). The zero-order chi connectivity index (χ0) is 24.0. The average molecular weight is 491 g/mol. The molecule has 34 heavy (non-hydrogen) atoms. The number of terminal acetylenes is 1. The van der Waals surface area contributed by atoms with Crippen LogP contribution >= 0.6 is 23.2 Å². The van der Waals surface area contributed by atoms with Gasteiger partial charge in [-0.05, 0) is 53.6 Å². The fraction of sp³-hybridized carbons (Fsp3) is 0.185. The number of amides is 2. The van der Waals surface area contributed by atoms with Crippen molar-refractivity contribution in [2.24, 2.45) is 0 Å². The van der Waals surface area contributed by atoms with E-state index in [1.807, 2.05) is 18.2 Å². The zero-order valence-electron chi connectivity index (χ0n) is 18.2. The van der Waals surface area contributed by atoms with Crippen LogP contribution < -0.4 is 15.4 Å². The second-order valence-electron chi connectivity index (χ2n) is 8.43. The highest BCUT2D eigenvalue weighted by Crippen LogP contribution is 2.58. The number of carbonyl (C=O) groups excluding carboxylic acids is 2. The van der Waals surface area contributed by atoms with Crippen molar-refractivity contribution in [3.63, 3.8) is 0 Å². The number of halogens is 2. The van der Waals surface area contributed by atoms with E-state index in [0.717, 1.165) is 11.1 Å². The number of hydrogen-bond acceptors (Lipinski definition) is 3. The van der Waals surface area contributed by atoms with Crippen molar-refractivity contribution in [3.8, 4) is 18.1 Å². The van der Waals surface area contributed by atoms with Crippen LogP contribution in [-0.4, -0.2) is 18.9 Å². The topological polar surface area (TPSA) is 67.4 Å². The molecule has 2 heterocycles. The van der Waals surface area contributed by atoms with Crippen LogP contribution in [0.25, 0.3) is 0 Å². The van der Waals surface area contributed by atoms with Gasteiger partial charge in [0.15, 0.2) is 0 Å². The van der Waals surface area contributed by atoms with Gasteiger partial charge >= 0.3 is 0 Å². The van der Waals surface area contributed by atoms with Gasteiger partial charge in [-0.25, -0.2) is 0 Å². The van der Waals surface area contributed by atoms with E-state index in [-0.39, 0.29) is 18.2 Å². The Labute approximate surface area is 207 Å². The molecule has 5 nitrogen and oxygen atoms in total. The maximum absolute atomic E-state index is 14.0. The number of piperidine rings is 1. The van der Waals surface area contributed by atoms with E-state index in [1.54, 1.807) is 49.6 Å². The Hall–Kier alpha value is -3.46. The first-order chi connectivity index (χ1) is 16.4. The zero-order valence-corrected chi connectivity index (χ0v) is 19.7. The molecule has 7 heteroatoms. The summed E-state index contributed by atoms with van der Waals surface area (Å²) in [6.07, 6.45) is 5.78. The minimum absolute atomic E-state index is 0.101. The maximum Gasteiger partial charge on any atom is 0.238 e. The Bertz CT molecular complexity index is 1380. The molecule has 0 bridgehead atoms. The molecule has 3 unspecified atom stereocenters. The van der Waals surface area contributed by atoms with E-state index in [4.69, 9.17) is 34.4 Å². The molecule has 2 N–H and O–H groups in total. The fourth-order valence-corrected chi connectivity index (χ4v) is 5.69. The largest absolute Gasteiger partial charge is 0.496 e. The second kappa shape index (κ2) is 8.39. The van der Waals surface area contributed by atoms with Crippen molar-refractivity contribution in [1.82, 2.24) is 5.32 Å². The van der Waals surface area contributed by atoms with Crippen molar-refractivity contribution < 1.29 is 14.3 Å². The van der Waals surface area contributed by atoms with Gasteiger partial charge in [-0.1, -0.05) is 47.3 Å². The van der Waals surface area contributed by atoms with Crippen LogP contribution in [-0.2, 0) is 15.0 Å². The molecular weight excluding hydrogens is 471 g/mol. The molecule has 2 aliphatic rings. The SMILES string of the molecule is C#Cc1ccc(OC)c(C2NC(=O)CC(c3cccc(Cl)c3)C23C(=O)Nc2cc(Cl)ccc23)c1. The lowest BCUT2D eigenvalue weighted by Gasteiger charge is -2.46. The minimum Gasteiger partial charge on any atom is -0.496 e. The molecular formula is C27H20Cl2N2O3. The summed E-state index contributed by atoms with van der Waals surface area (Å²) < 4.78 is 5.64. The Morgan fingerprint density at radius 2 is 1.85 bits per heavy atom. The van der Waals surface area contributed by atoms with Gasteiger partial charge in [0.2, 0.25) is 11.8 Å². The molecule has 0 saturated carbocycles. The smallest absolute Gasteiger partial charge is 0.238 e. The highest BCUT2D eigenvalue weighted by Gasteiger charge is 2.61. The number of ether oxygens (including phenoxy) is 1. The summed E-state index contributed by atoms with van der Waals surface area (Å²) in [7, 11) is 1.54. The Morgan fingerprint density at radius 1 is 1.06 bits per heavy atom. The monoisotopic (exact) mass is 490 g/mol. The van der Waals surface area contributed by atoms with E-state index < -0.39 is 17.4 Å². The van der Waals surface area contributed by atoms with Crippen molar-refractivity contribution >= 4 is 40.7 Å². The van der Waals surface area contributed by atoms with Crippen LogP contribution in [0.4, 0.5) is 5.69 Å². The third-order valence-electron chi connectivity index (χ3n) is 6.71. The first-order valence-electron chi connectivity index (χ1n) is 10.7. The van der Waals surface area contributed by atoms with E-state index in [1.165, 1.54) is 0 Å². The summed E-state index contributed by atoms with van der Waals surface area (Å²) in [6.45, 7) is 0. The van der Waals surface area contributed by atoms with Gasteiger partial charge in [-0.3, -0.25) is 9.59 Å². The summed E-state index contributed by atoms with van der Waals surface area (Å²) in [5.74, 6) is 2.21. The molecule has 3 atom stereocenters. The third-order valence-corrected chi connectivity index (χ3v) is 7.18. The van der Waals surface area contributed by atoms with Crippen molar-refractivity contribution in [3.05, 3.63) is 93.0 Å². The van der Waals surface area contributed by atoms with E-state index >= 15 is 0 Å². The number of methoxy groups -OCH3 is 1. The van der Waals surface area contributed by atoms with Crippen LogP contribution in [0.1, 0.15) is 40.6 Å². The molecule has 0 aliphatic carbocycles. The first-order valence-corrected chi connectivity index (χ1v) is 11.4. The van der Waals surface area contributed by atoms with Gasteiger partial charge in [0.25, 0.3) is 0 Å². The third kappa shape index (κ3) is 3.34. The highest BCUT2D eigenvalue weighted by atomic mass is 35.5. The number of nitrogens with one attached hydrogen (secondary N) is 2. The summed E-state index contributed by atoms with van der Waals surface area (Å²) in [5, 5.41) is 7.11. The normalized spacial score (nSPS) is 23.1. The molecule has 0 aromatic heterocycles. The molecule has 5 rings (SSSR count).